The van der Waals surface area contributed by atoms with E-state index >= 15 is 0 Å². The van der Waals surface area contributed by atoms with E-state index in [0.29, 0.717) is 19.5 Å². The lowest BCUT2D eigenvalue weighted by molar-refractivity contribution is -0.143. The van der Waals surface area contributed by atoms with Crippen LogP contribution in [0.5, 0.6) is 5.75 Å². The van der Waals surface area contributed by atoms with E-state index in [1.807, 2.05) is 25.1 Å². The molecule has 2 aliphatic heterocycles. The summed E-state index contributed by atoms with van der Waals surface area (Å²) in [5.41, 5.74) is 1.07. The Kier molecular flexibility index (Phi) is 6.78. The molecule has 2 N–H and O–H groups in total. The third kappa shape index (κ3) is 4.76. The summed E-state index contributed by atoms with van der Waals surface area (Å²) in [6.07, 6.45) is 2.93. The first kappa shape index (κ1) is 20.5. The molecule has 7 nitrogen and oxygen atoms in total. The van der Waals surface area contributed by atoms with Crippen molar-refractivity contribution in [2.24, 2.45) is 11.8 Å². The van der Waals surface area contributed by atoms with Crippen LogP contribution in [0.3, 0.4) is 0 Å². The highest BCUT2D eigenvalue weighted by Crippen LogP contribution is 2.31. The van der Waals surface area contributed by atoms with Gasteiger partial charge in [0.15, 0.2) is 0 Å². The van der Waals surface area contributed by atoms with Gasteiger partial charge in [-0.25, -0.2) is 4.79 Å². The highest BCUT2D eigenvalue weighted by molar-refractivity contribution is 5.76. The van der Waals surface area contributed by atoms with Gasteiger partial charge >= 0.3 is 12.0 Å². The summed E-state index contributed by atoms with van der Waals surface area (Å²) >= 11 is 0. The molecule has 2 heterocycles. The molecule has 1 aromatic rings. The maximum Gasteiger partial charge on any atom is 0.317 e. The minimum Gasteiger partial charge on any atom is -0.496 e. The SMILES string of the molecule is COc1ccccc1C(CNC(=O)N1CC(C)CC(C(=O)O)C1)N1CCCC1. The van der Waals surface area contributed by atoms with Gasteiger partial charge in [0, 0.05) is 25.2 Å². The molecule has 28 heavy (non-hydrogen) atoms. The van der Waals surface area contributed by atoms with Gasteiger partial charge in [-0.2, -0.15) is 0 Å². The Hall–Kier alpha value is -2.28. The Balaban J connectivity index is 1.69. The van der Waals surface area contributed by atoms with Crippen LogP contribution in [-0.2, 0) is 4.79 Å². The Morgan fingerprint density at radius 2 is 1.96 bits per heavy atom. The predicted octanol–water partition coefficient (Wildman–Crippen LogP) is 2.58. The van der Waals surface area contributed by atoms with Crippen molar-refractivity contribution in [2.75, 3.05) is 39.8 Å². The van der Waals surface area contributed by atoms with Crippen LogP contribution in [0, 0.1) is 11.8 Å². The number of carbonyl (C=O) groups is 2. The number of hydrogen-bond acceptors (Lipinski definition) is 4. The van der Waals surface area contributed by atoms with Crippen molar-refractivity contribution >= 4 is 12.0 Å². The zero-order valence-electron chi connectivity index (χ0n) is 16.8. The normalized spacial score (nSPS) is 24.0. The Morgan fingerprint density at radius 3 is 2.64 bits per heavy atom. The summed E-state index contributed by atoms with van der Waals surface area (Å²) in [7, 11) is 1.67. The molecule has 0 radical (unpaired) electrons. The second kappa shape index (κ2) is 9.28. The molecule has 7 heteroatoms. The third-order valence-electron chi connectivity index (χ3n) is 5.82. The number of urea groups is 1. The first-order valence-electron chi connectivity index (χ1n) is 10.1. The number of aliphatic carboxylic acids is 1. The number of hydrogen-bond donors (Lipinski definition) is 2. The van der Waals surface area contributed by atoms with E-state index in [9.17, 15) is 14.7 Å². The molecular formula is C21H31N3O4. The zero-order valence-corrected chi connectivity index (χ0v) is 16.8. The molecule has 154 valence electrons. The van der Waals surface area contributed by atoms with Crippen molar-refractivity contribution in [3.63, 3.8) is 0 Å². The molecule has 3 rings (SSSR count). The quantitative estimate of drug-likeness (QED) is 0.782. The molecular weight excluding hydrogens is 358 g/mol. The van der Waals surface area contributed by atoms with Crippen molar-refractivity contribution in [2.45, 2.75) is 32.2 Å². The molecule has 2 saturated heterocycles. The minimum absolute atomic E-state index is 0.0417. The van der Waals surface area contributed by atoms with Crippen LogP contribution in [0.25, 0.3) is 0 Å². The summed E-state index contributed by atoms with van der Waals surface area (Å²) in [5, 5.41) is 12.4. The molecule has 2 fully saturated rings. The first-order valence-corrected chi connectivity index (χ1v) is 10.1. The van der Waals surface area contributed by atoms with Crippen molar-refractivity contribution in [1.82, 2.24) is 15.1 Å². The molecule has 0 spiro atoms. The number of piperidine rings is 1. The summed E-state index contributed by atoms with van der Waals surface area (Å²) < 4.78 is 5.55. The summed E-state index contributed by atoms with van der Waals surface area (Å²) in [6.45, 7) is 5.34. The average molecular weight is 389 g/mol. The molecule has 2 amide bonds. The topological polar surface area (TPSA) is 82.1 Å². The van der Waals surface area contributed by atoms with E-state index in [0.717, 1.165) is 37.2 Å². The fourth-order valence-corrected chi connectivity index (χ4v) is 4.42. The van der Waals surface area contributed by atoms with Crippen LogP contribution >= 0.6 is 0 Å². The monoisotopic (exact) mass is 389 g/mol. The largest absolute Gasteiger partial charge is 0.496 e. The third-order valence-corrected chi connectivity index (χ3v) is 5.82. The smallest absolute Gasteiger partial charge is 0.317 e. The standard InChI is InChI=1S/C21H31N3O4/c1-15-11-16(20(25)26)14-24(13-15)21(27)22-12-18(23-9-5-6-10-23)17-7-3-4-8-19(17)28-2/h3-4,7-8,15-16,18H,5-6,9-14H2,1-2H3,(H,22,27)(H,25,26). The van der Waals surface area contributed by atoms with E-state index in [4.69, 9.17) is 4.74 Å². The fourth-order valence-electron chi connectivity index (χ4n) is 4.42. The zero-order chi connectivity index (χ0) is 20.1. The number of nitrogens with zero attached hydrogens (tertiary/aromatic N) is 2. The second-order valence-corrected chi connectivity index (χ2v) is 7.97. The average Bonchev–Trinajstić information content (AvgIpc) is 3.22. The van der Waals surface area contributed by atoms with Crippen LogP contribution in [-0.4, -0.2) is 66.7 Å². The first-order chi connectivity index (χ1) is 13.5. The number of benzene rings is 1. The van der Waals surface area contributed by atoms with E-state index in [-0.39, 0.29) is 24.5 Å². The summed E-state index contributed by atoms with van der Waals surface area (Å²) in [5.74, 6) is -0.304. The number of rotatable bonds is 6. The van der Waals surface area contributed by atoms with Gasteiger partial charge in [-0.15, -0.1) is 0 Å². The molecule has 1 aromatic carbocycles. The number of methoxy groups -OCH3 is 1. The minimum atomic E-state index is -0.826. The van der Waals surface area contributed by atoms with Crippen LogP contribution in [0.2, 0.25) is 0 Å². The number of carbonyl (C=O) groups excluding carboxylic acids is 1. The lowest BCUT2D eigenvalue weighted by atomic mass is 9.91. The van der Waals surface area contributed by atoms with E-state index in [1.165, 1.54) is 0 Å². The van der Waals surface area contributed by atoms with Crippen LogP contribution in [0.15, 0.2) is 24.3 Å². The van der Waals surface area contributed by atoms with Gasteiger partial charge in [0.25, 0.3) is 0 Å². The summed E-state index contributed by atoms with van der Waals surface area (Å²) in [6, 6.07) is 7.80. The van der Waals surface area contributed by atoms with Gasteiger partial charge in [-0.05, 0) is 44.3 Å². The number of para-hydroxylation sites is 1. The van der Waals surface area contributed by atoms with Crippen LogP contribution in [0.4, 0.5) is 4.79 Å². The van der Waals surface area contributed by atoms with Gasteiger partial charge < -0.3 is 20.1 Å². The van der Waals surface area contributed by atoms with E-state index in [2.05, 4.69) is 16.3 Å². The maximum absolute atomic E-state index is 12.8. The molecule has 3 atom stereocenters. The number of carboxylic acids is 1. The molecule has 2 aliphatic rings. The molecule has 0 aliphatic carbocycles. The van der Waals surface area contributed by atoms with Crippen molar-refractivity contribution in [3.05, 3.63) is 29.8 Å². The lowest BCUT2D eigenvalue weighted by Gasteiger charge is -2.35. The molecule has 0 saturated carbocycles. The van der Waals surface area contributed by atoms with E-state index in [1.54, 1.807) is 12.0 Å². The highest BCUT2D eigenvalue weighted by atomic mass is 16.5. The number of carboxylic acid groups (broad SMARTS) is 1. The maximum atomic E-state index is 12.8. The van der Waals surface area contributed by atoms with E-state index < -0.39 is 11.9 Å². The predicted molar refractivity (Wildman–Crippen MR) is 106 cm³/mol. The molecule has 0 bridgehead atoms. The number of ether oxygens (including phenoxy) is 1. The van der Waals surface area contributed by atoms with Gasteiger partial charge in [-0.1, -0.05) is 25.1 Å². The number of amides is 2. The Bertz CT molecular complexity index is 690. The lowest BCUT2D eigenvalue weighted by Crippen LogP contribution is -2.50. The Morgan fingerprint density at radius 1 is 1.25 bits per heavy atom. The van der Waals surface area contributed by atoms with Crippen molar-refractivity contribution < 1.29 is 19.4 Å². The van der Waals surface area contributed by atoms with Crippen LogP contribution < -0.4 is 10.1 Å². The molecule has 3 unspecified atom stereocenters. The Labute approximate surface area is 166 Å². The van der Waals surface area contributed by atoms with Crippen molar-refractivity contribution in [3.8, 4) is 5.75 Å². The van der Waals surface area contributed by atoms with Crippen LogP contribution in [0.1, 0.15) is 37.8 Å². The fraction of sp³-hybridized carbons (Fsp3) is 0.619. The highest BCUT2D eigenvalue weighted by Gasteiger charge is 2.33. The molecule has 0 aromatic heterocycles. The van der Waals surface area contributed by atoms with Gasteiger partial charge in [0.1, 0.15) is 5.75 Å². The van der Waals surface area contributed by atoms with Gasteiger partial charge in [-0.3, -0.25) is 9.69 Å². The van der Waals surface area contributed by atoms with Gasteiger partial charge in [0.05, 0.1) is 19.1 Å². The van der Waals surface area contributed by atoms with Crippen molar-refractivity contribution in [1.29, 1.82) is 0 Å². The van der Waals surface area contributed by atoms with Gasteiger partial charge in [0.2, 0.25) is 0 Å². The number of likely N-dealkylation sites (tertiary alicyclic amines) is 2. The second-order valence-electron chi connectivity index (χ2n) is 7.97. The number of nitrogens with one attached hydrogen (secondary N) is 1. The summed E-state index contributed by atoms with van der Waals surface area (Å²) in [4.78, 5) is 28.2.